The van der Waals surface area contributed by atoms with Crippen LogP contribution in [-0.4, -0.2) is 28.2 Å². The Hall–Kier alpha value is -2.13. The molecule has 4 nitrogen and oxygen atoms in total. The van der Waals surface area contributed by atoms with E-state index in [1.54, 1.807) is 11.3 Å². The summed E-state index contributed by atoms with van der Waals surface area (Å²) < 4.78 is 38.5. The molecule has 9 heteroatoms. The van der Waals surface area contributed by atoms with Gasteiger partial charge in [0.25, 0.3) is 0 Å². The molecule has 0 radical (unpaired) electrons. The SMILES string of the molecule is O=C(CSc1ccc(C(F)(F)F)cn1)NCCc1nc2ccccc2s1. The van der Waals surface area contributed by atoms with E-state index < -0.39 is 11.7 Å². The van der Waals surface area contributed by atoms with Gasteiger partial charge in [0.1, 0.15) is 0 Å². The van der Waals surface area contributed by atoms with Gasteiger partial charge >= 0.3 is 6.18 Å². The molecular weight excluding hydrogens is 383 g/mol. The van der Waals surface area contributed by atoms with Gasteiger partial charge in [-0.05, 0) is 24.3 Å². The normalized spacial score (nSPS) is 11.7. The zero-order valence-electron chi connectivity index (χ0n) is 13.4. The molecule has 136 valence electrons. The molecule has 0 unspecified atom stereocenters. The Morgan fingerprint density at radius 1 is 1.19 bits per heavy atom. The van der Waals surface area contributed by atoms with Crippen molar-refractivity contribution in [2.75, 3.05) is 12.3 Å². The molecule has 2 aromatic heterocycles. The zero-order valence-corrected chi connectivity index (χ0v) is 15.0. The number of thioether (sulfide) groups is 1. The second-order valence-electron chi connectivity index (χ2n) is 5.35. The number of nitrogens with zero attached hydrogens (tertiary/aromatic N) is 2. The van der Waals surface area contributed by atoms with E-state index in [1.165, 1.54) is 6.07 Å². The molecule has 1 N–H and O–H groups in total. The Morgan fingerprint density at radius 2 is 2.00 bits per heavy atom. The number of hydrogen-bond acceptors (Lipinski definition) is 5. The van der Waals surface area contributed by atoms with E-state index in [1.807, 2.05) is 24.3 Å². The number of carbonyl (C=O) groups is 1. The minimum Gasteiger partial charge on any atom is -0.355 e. The Kier molecular flexibility index (Phi) is 5.77. The molecule has 0 aliphatic heterocycles. The molecule has 1 amide bonds. The van der Waals surface area contributed by atoms with Crippen molar-refractivity contribution in [2.24, 2.45) is 0 Å². The number of pyridine rings is 1. The molecule has 1 aromatic carbocycles. The van der Waals surface area contributed by atoms with Gasteiger partial charge in [-0.3, -0.25) is 4.79 Å². The Balaban J connectivity index is 1.42. The summed E-state index contributed by atoms with van der Waals surface area (Å²) in [6.07, 6.45) is -3.00. The molecule has 3 rings (SSSR count). The first-order valence-corrected chi connectivity index (χ1v) is 9.49. The maximum absolute atomic E-state index is 12.5. The van der Waals surface area contributed by atoms with E-state index in [0.29, 0.717) is 18.0 Å². The number of alkyl halides is 3. The minimum absolute atomic E-state index is 0.0954. The number of rotatable bonds is 6. The van der Waals surface area contributed by atoms with Gasteiger partial charge in [0.15, 0.2) is 0 Å². The monoisotopic (exact) mass is 397 g/mol. The minimum atomic E-state index is -4.41. The molecule has 2 heterocycles. The maximum atomic E-state index is 12.5. The summed E-state index contributed by atoms with van der Waals surface area (Å²) in [4.78, 5) is 20.1. The van der Waals surface area contributed by atoms with E-state index in [4.69, 9.17) is 0 Å². The lowest BCUT2D eigenvalue weighted by atomic mass is 10.3. The first-order valence-electron chi connectivity index (χ1n) is 7.69. The summed E-state index contributed by atoms with van der Waals surface area (Å²) in [6.45, 7) is 0.458. The van der Waals surface area contributed by atoms with Crippen molar-refractivity contribution in [1.29, 1.82) is 0 Å². The highest BCUT2D eigenvalue weighted by atomic mass is 32.2. The average molecular weight is 397 g/mol. The van der Waals surface area contributed by atoms with E-state index in [0.717, 1.165) is 39.2 Å². The van der Waals surface area contributed by atoms with Crippen molar-refractivity contribution in [2.45, 2.75) is 17.6 Å². The fourth-order valence-electron chi connectivity index (χ4n) is 2.16. The van der Waals surface area contributed by atoms with Crippen LogP contribution in [0.1, 0.15) is 10.6 Å². The number of para-hydroxylation sites is 1. The lowest BCUT2D eigenvalue weighted by Crippen LogP contribution is -2.27. The number of amides is 1. The molecule has 0 saturated heterocycles. The Labute approximate surface area is 155 Å². The highest BCUT2D eigenvalue weighted by Crippen LogP contribution is 2.29. The van der Waals surface area contributed by atoms with Crippen molar-refractivity contribution >= 4 is 39.2 Å². The third-order valence-corrected chi connectivity index (χ3v) is 5.45. The number of halogens is 3. The zero-order chi connectivity index (χ0) is 18.6. The van der Waals surface area contributed by atoms with E-state index >= 15 is 0 Å². The maximum Gasteiger partial charge on any atom is 0.417 e. The quantitative estimate of drug-likeness (QED) is 0.635. The first-order chi connectivity index (χ1) is 12.4. The van der Waals surface area contributed by atoms with Gasteiger partial charge in [-0.25, -0.2) is 9.97 Å². The van der Waals surface area contributed by atoms with Crippen molar-refractivity contribution < 1.29 is 18.0 Å². The summed E-state index contributed by atoms with van der Waals surface area (Å²) in [7, 11) is 0. The predicted octanol–water partition coefficient (Wildman–Crippen LogP) is 4.16. The van der Waals surface area contributed by atoms with Gasteiger partial charge in [0.05, 0.1) is 31.6 Å². The molecular formula is C17H14F3N3OS2. The summed E-state index contributed by atoms with van der Waals surface area (Å²) >= 11 is 2.69. The van der Waals surface area contributed by atoms with E-state index in [2.05, 4.69) is 15.3 Å². The molecule has 0 spiro atoms. The van der Waals surface area contributed by atoms with Gasteiger partial charge in [-0.2, -0.15) is 13.2 Å². The van der Waals surface area contributed by atoms with Gasteiger partial charge in [-0.15, -0.1) is 11.3 Å². The van der Waals surface area contributed by atoms with Gasteiger partial charge in [0, 0.05) is 19.2 Å². The number of nitrogens with one attached hydrogen (secondary N) is 1. The topological polar surface area (TPSA) is 54.9 Å². The number of hydrogen-bond donors (Lipinski definition) is 1. The first kappa shape index (κ1) is 18.7. The predicted molar refractivity (Wildman–Crippen MR) is 96.3 cm³/mol. The lowest BCUT2D eigenvalue weighted by Gasteiger charge is -2.07. The van der Waals surface area contributed by atoms with Crippen molar-refractivity contribution in [3.63, 3.8) is 0 Å². The van der Waals surface area contributed by atoms with Crippen LogP contribution in [0.15, 0.2) is 47.6 Å². The Bertz CT molecular complexity index is 861. The average Bonchev–Trinajstić information content (AvgIpc) is 3.02. The van der Waals surface area contributed by atoms with E-state index in [9.17, 15) is 18.0 Å². The second kappa shape index (κ2) is 8.05. The smallest absolute Gasteiger partial charge is 0.355 e. The summed E-state index contributed by atoms with van der Waals surface area (Å²) in [5.41, 5.74) is 0.143. The standard InChI is InChI=1S/C17H14F3N3OS2/c18-17(19,20)11-5-6-15(22-9-11)25-10-14(24)21-8-7-16-23-12-3-1-2-4-13(12)26-16/h1-6,9H,7-8,10H2,(H,21,24). The summed E-state index contributed by atoms with van der Waals surface area (Å²) in [5.74, 6) is -0.101. The van der Waals surface area contributed by atoms with Crippen molar-refractivity contribution in [3.05, 3.63) is 53.2 Å². The molecule has 26 heavy (non-hydrogen) atoms. The van der Waals surface area contributed by atoms with Crippen molar-refractivity contribution in [3.8, 4) is 0 Å². The second-order valence-corrected chi connectivity index (χ2v) is 7.46. The molecule has 3 aromatic rings. The summed E-state index contributed by atoms with van der Waals surface area (Å²) in [6, 6.07) is 10.1. The van der Waals surface area contributed by atoms with Gasteiger partial charge in [-0.1, -0.05) is 23.9 Å². The fourth-order valence-corrected chi connectivity index (χ4v) is 3.80. The lowest BCUT2D eigenvalue weighted by molar-refractivity contribution is -0.137. The highest BCUT2D eigenvalue weighted by Gasteiger charge is 2.30. The molecule has 0 aliphatic rings. The largest absolute Gasteiger partial charge is 0.417 e. The molecule has 0 fully saturated rings. The highest BCUT2D eigenvalue weighted by molar-refractivity contribution is 7.99. The van der Waals surface area contributed by atoms with Crippen LogP contribution in [0.2, 0.25) is 0 Å². The summed E-state index contributed by atoms with van der Waals surface area (Å²) in [5, 5.41) is 4.10. The van der Waals surface area contributed by atoms with E-state index in [-0.39, 0.29) is 11.7 Å². The van der Waals surface area contributed by atoms with Crippen LogP contribution in [-0.2, 0) is 17.4 Å². The third kappa shape index (κ3) is 4.95. The number of fused-ring (bicyclic) bond motifs is 1. The van der Waals surface area contributed by atoms with Crippen LogP contribution < -0.4 is 5.32 Å². The van der Waals surface area contributed by atoms with Crippen LogP contribution in [0, 0.1) is 0 Å². The number of benzene rings is 1. The van der Waals surface area contributed by atoms with Crippen molar-refractivity contribution in [1.82, 2.24) is 15.3 Å². The molecule has 0 atom stereocenters. The number of aromatic nitrogens is 2. The third-order valence-electron chi connectivity index (χ3n) is 3.41. The van der Waals surface area contributed by atoms with Gasteiger partial charge < -0.3 is 5.32 Å². The van der Waals surface area contributed by atoms with Crippen LogP contribution in [0.5, 0.6) is 0 Å². The molecule has 0 saturated carbocycles. The number of carbonyl (C=O) groups excluding carboxylic acids is 1. The fraction of sp³-hybridized carbons (Fsp3) is 0.235. The van der Waals surface area contributed by atoms with Gasteiger partial charge in [0.2, 0.25) is 5.91 Å². The van der Waals surface area contributed by atoms with Crippen LogP contribution in [0.3, 0.4) is 0 Å². The van der Waals surface area contributed by atoms with Crippen LogP contribution in [0.4, 0.5) is 13.2 Å². The van der Waals surface area contributed by atoms with Crippen LogP contribution >= 0.6 is 23.1 Å². The molecule has 0 aliphatic carbocycles. The molecule has 0 bridgehead atoms. The Morgan fingerprint density at radius 3 is 2.69 bits per heavy atom. The number of thiazole rings is 1. The van der Waals surface area contributed by atoms with Crippen LogP contribution in [0.25, 0.3) is 10.2 Å².